The van der Waals surface area contributed by atoms with Crippen molar-refractivity contribution < 1.29 is 5.11 Å². The molecule has 0 amide bonds. The molecule has 0 aromatic rings. The van der Waals surface area contributed by atoms with Gasteiger partial charge in [-0.1, -0.05) is 17.7 Å². The highest BCUT2D eigenvalue weighted by atomic mass is 16.3. The van der Waals surface area contributed by atoms with Crippen LogP contribution in [0.4, 0.5) is 0 Å². The van der Waals surface area contributed by atoms with Crippen LogP contribution in [0.5, 0.6) is 0 Å². The van der Waals surface area contributed by atoms with E-state index in [1.54, 1.807) is 0 Å². The van der Waals surface area contributed by atoms with Gasteiger partial charge in [0.15, 0.2) is 0 Å². The number of nitrogens with two attached hydrogens (primary N) is 1. The van der Waals surface area contributed by atoms with Gasteiger partial charge in [-0.15, -0.1) is 0 Å². The molecule has 0 heterocycles. The summed E-state index contributed by atoms with van der Waals surface area (Å²) in [5, 5.41) is 9.54. The van der Waals surface area contributed by atoms with E-state index >= 15 is 0 Å². The summed E-state index contributed by atoms with van der Waals surface area (Å²) >= 11 is 0. The third-order valence-corrected chi connectivity index (χ3v) is 2.25. The standard InChI is InChI=1S/C9H16N2O/c1-3-4-7-6(2)5-8(12)9(7)11-10/h3-4,8-9,11-12H,5,10H2,1-2H3/b4-3-. The molecule has 12 heavy (non-hydrogen) atoms. The predicted octanol–water partition coefficient (Wildman–Crippen LogP) is 0.476. The minimum Gasteiger partial charge on any atom is -0.391 e. The lowest BCUT2D eigenvalue weighted by molar-refractivity contribution is 0.155. The smallest absolute Gasteiger partial charge is 0.0784 e. The minimum absolute atomic E-state index is 0.0961. The van der Waals surface area contributed by atoms with Gasteiger partial charge in [0, 0.05) is 0 Å². The van der Waals surface area contributed by atoms with E-state index in [0.717, 1.165) is 5.57 Å². The van der Waals surface area contributed by atoms with Crippen molar-refractivity contribution in [2.75, 3.05) is 0 Å². The highest BCUT2D eigenvalue weighted by Gasteiger charge is 2.28. The van der Waals surface area contributed by atoms with Crippen LogP contribution in [0.3, 0.4) is 0 Å². The van der Waals surface area contributed by atoms with Crippen molar-refractivity contribution in [1.29, 1.82) is 0 Å². The third kappa shape index (κ3) is 1.58. The van der Waals surface area contributed by atoms with Crippen LogP contribution in [0, 0.1) is 0 Å². The molecule has 0 radical (unpaired) electrons. The second kappa shape index (κ2) is 3.85. The van der Waals surface area contributed by atoms with Gasteiger partial charge in [0.2, 0.25) is 0 Å². The van der Waals surface area contributed by atoms with Crippen molar-refractivity contribution in [1.82, 2.24) is 5.43 Å². The average Bonchev–Trinajstić information content (AvgIpc) is 2.28. The maximum atomic E-state index is 9.54. The van der Waals surface area contributed by atoms with E-state index in [-0.39, 0.29) is 12.1 Å². The summed E-state index contributed by atoms with van der Waals surface area (Å²) in [5.74, 6) is 5.33. The first-order valence-corrected chi connectivity index (χ1v) is 4.17. The maximum absolute atomic E-state index is 9.54. The Morgan fingerprint density at radius 2 is 2.33 bits per heavy atom. The molecule has 0 spiro atoms. The molecule has 2 unspecified atom stereocenters. The fourth-order valence-corrected chi connectivity index (χ4v) is 1.65. The summed E-state index contributed by atoms with van der Waals surface area (Å²) in [6.45, 7) is 3.98. The van der Waals surface area contributed by atoms with E-state index in [0.29, 0.717) is 6.42 Å². The van der Waals surface area contributed by atoms with E-state index in [9.17, 15) is 5.11 Å². The molecule has 0 aliphatic heterocycles. The summed E-state index contributed by atoms with van der Waals surface area (Å²) in [6.07, 6.45) is 4.30. The lowest BCUT2D eigenvalue weighted by Crippen LogP contribution is -2.42. The zero-order chi connectivity index (χ0) is 9.14. The van der Waals surface area contributed by atoms with Crippen molar-refractivity contribution in [3.8, 4) is 0 Å². The topological polar surface area (TPSA) is 58.3 Å². The van der Waals surface area contributed by atoms with Gasteiger partial charge >= 0.3 is 0 Å². The summed E-state index contributed by atoms with van der Waals surface area (Å²) in [6, 6.07) is -0.0961. The Bertz CT molecular complexity index is 221. The molecule has 68 valence electrons. The molecular weight excluding hydrogens is 152 g/mol. The molecular formula is C9H16N2O. The molecule has 3 nitrogen and oxygen atoms in total. The number of aliphatic hydroxyl groups is 1. The van der Waals surface area contributed by atoms with Crippen molar-refractivity contribution in [2.45, 2.75) is 32.4 Å². The molecule has 0 aromatic heterocycles. The van der Waals surface area contributed by atoms with Crippen LogP contribution in [-0.4, -0.2) is 17.3 Å². The lowest BCUT2D eigenvalue weighted by atomic mass is 10.1. The molecule has 1 aliphatic rings. The summed E-state index contributed by atoms with van der Waals surface area (Å²) in [4.78, 5) is 0. The number of nitrogens with one attached hydrogen (secondary N) is 1. The number of hydrogen-bond donors (Lipinski definition) is 3. The summed E-state index contributed by atoms with van der Waals surface area (Å²) in [7, 11) is 0. The van der Waals surface area contributed by atoms with Gasteiger partial charge in [-0.25, -0.2) is 0 Å². The number of hydrazine groups is 1. The fraction of sp³-hybridized carbons (Fsp3) is 0.556. The van der Waals surface area contributed by atoms with Crippen LogP contribution in [0.1, 0.15) is 20.3 Å². The Kier molecular flexibility index (Phi) is 3.03. The Labute approximate surface area is 72.9 Å². The van der Waals surface area contributed by atoms with E-state index < -0.39 is 0 Å². The zero-order valence-corrected chi connectivity index (χ0v) is 7.54. The van der Waals surface area contributed by atoms with E-state index in [2.05, 4.69) is 5.43 Å². The Morgan fingerprint density at radius 1 is 1.67 bits per heavy atom. The Hall–Kier alpha value is -0.640. The normalized spacial score (nSPS) is 30.7. The number of aliphatic hydroxyl groups excluding tert-OH is 1. The zero-order valence-electron chi connectivity index (χ0n) is 7.54. The van der Waals surface area contributed by atoms with Crippen molar-refractivity contribution in [2.24, 2.45) is 5.84 Å². The van der Waals surface area contributed by atoms with Crippen molar-refractivity contribution in [3.63, 3.8) is 0 Å². The van der Waals surface area contributed by atoms with Crippen LogP contribution >= 0.6 is 0 Å². The number of rotatable bonds is 2. The Morgan fingerprint density at radius 3 is 2.83 bits per heavy atom. The second-order valence-corrected chi connectivity index (χ2v) is 3.15. The molecule has 4 N–H and O–H groups in total. The number of hydrogen-bond acceptors (Lipinski definition) is 3. The number of allylic oxidation sites excluding steroid dienone is 1. The highest BCUT2D eigenvalue weighted by molar-refractivity contribution is 5.36. The third-order valence-electron chi connectivity index (χ3n) is 2.25. The van der Waals surface area contributed by atoms with E-state index in [1.165, 1.54) is 5.57 Å². The molecule has 0 saturated carbocycles. The first-order valence-electron chi connectivity index (χ1n) is 4.17. The maximum Gasteiger partial charge on any atom is 0.0784 e. The van der Waals surface area contributed by atoms with Crippen LogP contribution < -0.4 is 11.3 Å². The molecule has 0 bridgehead atoms. The molecule has 2 atom stereocenters. The van der Waals surface area contributed by atoms with Crippen LogP contribution in [-0.2, 0) is 0 Å². The van der Waals surface area contributed by atoms with Crippen LogP contribution in [0.2, 0.25) is 0 Å². The largest absolute Gasteiger partial charge is 0.391 e. The average molecular weight is 168 g/mol. The monoisotopic (exact) mass is 168 g/mol. The van der Waals surface area contributed by atoms with Gasteiger partial charge in [-0.05, 0) is 25.8 Å². The summed E-state index contributed by atoms with van der Waals surface area (Å²) in [5.41, 5.74) is 4.95. The lowest BCUT2D eigenvalue weighted by Gasteiger charge is -2.15. The first kappa shape index (κ1) is 9.45. The molecule has 1 aliphatic carbocycles. The highest BCUT2D eigenvalue weighted by Crippen LogP contribution is 2.26. The fourth-order valence-electron chi connectivity index (χ4n) is 1.65. The second-order valence-electron chi connectivity index (χ2n) is 3.15. The molecule has 0 aromatic carbocycles. The molecule has 0 fully saturated rings. The van der Waals surface area contributed by atoms with E-state index in [1.807, 2.05) is 26.0 Å². The van der Waals surface area contributed by atoms with Crippen LogP contribution in [0.15, 0.2) is 23.3 Å². The van der Waals surface area contributed by atoms with Gasteiger partial charge in [-0.3, -0.25) is 11.3 Å². The SMILES string of the molecule is C/C=C\C1=C(C)CC(O)C1NN. The van der Waals surface area contributed by atoms with Gasteiger partial charge in [0.25, 0.3) is 0 Å². The minimum atomic E-state index is -0.374. The predicted molar refractivity (Wildman–Crippen MR) is 49.2 cm³/mol. The summed E-state index contributed by atoms with van der Waals surface area (Å²) < 4.78 is 0. The van der Waals surface area contributed by atoms with Gasteiger partial charge in [0.05, 0.1) is 12.1 Å². The Balaban J connectivity index is 2.84. The molecule has 3 heteroatoms. The quantitative estimate of drug-likeness (QED) is 0.415. The first-order chi connectivity index (χ1) is 5.70. The molecule has 0 saturated heterocycles. The van der Waals surface area contributed by atoms with Gasteiger partial charge in [-0.2, -0.15) is 0 Å². The van der Waals surface area contributed by atoms with Gasteiger partial charge < -0.3 is 5.11 Å². The van der Waals surface area contributed by atoms with Gasteiger partial charge in [0.1, 0.15) is 0 Å². The van der Waals surface area contributed by atoms with E-state index in [4.69, 9.17) is 5.84 Å². The van der Waals surface area contributed by atoms with Crippen molar-refractivity contribution >= 4 is 0 Å². The van der Waals surface area contributed by atoms with Crippen molar-refractivity contribution in [3.05, 3.63) is 23.3 Å². The molecule has 1 rings (SSSR count). The van der Waals surface area contributed by atoms with Crippen LogP contribution in [0.25, 0.3) is 0 Å².